The Kier molecular flexibility index (Phi) is 4.74. The fourth-order valence-electron chi connectivity index (χ4n) is 2.00. The first kappa shape index (κ1) is 16.1. The van der Waals surface area contributed by atoms with Gasteiger partial charge < -0.3 is 0 Å². The van der Waals surface area contributed by atoms with Crippen molar-refractivity contribution in [2.45, 2.75) is 23.1 Å². The zero-order valence-corrected chi connectivity index (χ0v) is 12.9. The van der Waals surface area contributed by atoms with E-state index in [9.17, 15) is 23.3 Å². The average molecular weight is 352 g/mol. The Morgan fingerprint density at radius 1 is 1.48 bits per heavy atom. The molecule has 0 spiro atoms. The van der Waals surface area contributed by atoms with Gasteiger partial charge in [-0.15, -0.1) is 11.3 Å². The van der Waals surface area contributed by atoms with Crippen LogP contribution in [0.3, 0.4) is 0 Å². The zero-order chi connectivity index (χ0) is 15.6. The first-order valence-corrected chi connectivity index (χ1v) is 8.50. The van der Waals surface area contributed by atoms with Crippen molar-refractivity contribution in [1.82, 2.24) is 4.31 Å². The third kappa shape index (κ3) is 3.30. The van der Waals surface area contributed by atoms with Crippen LogP contribution < -0.4 is 0 Å². The summed E-state index contributed by atoms with van der Waals surface area (Å²) in [6.07, 6.45) is 2.29. The second kappa shape index (κ2) is 6.20. The second-order valence-corrected chi connectivity index (χ2v) is 8.16. The van der Waals surface area contributed by atoms with Gasteiger partial charge in [0.2, 0.25) is 6.08 Å². The van der Waals surface area contributed by atoms with E-state index >= 15 is 0 Å². The van der Waals surface area contributed by atoms with Crippen LogP contribution in [-0.4, -0.2) is 42.9 Å². The zero-order valence-electron chi connectivity index (χ0n) is 10.6. The van der Waals surface area contributed by atoms with Gasteiger partial charge in [-0.25, -0.2) is 18.2 Å². The first-order valence-electron chi connectivity index (χ1n) is 5.87. The van der Waals surface area contributed by atoms with E-state index in [2.05, 4.69) is 4.99 Å². The first-order chi connectivity index (χ1) is 9.86. The molecule has 0 atom stereocenters. The van der Waals surface area contributed by atoms with E-state index in [1.54, 1.807) is 0 Å². The number of carbonyl (C=O) groups excluding carboxylic acids is 1. The van der Waals surface area contributed by atoms with Crippen molar-refractivity contribution in [3.05, 3.63) is 20.5 Å². The third-order valence-electron chi connectivity index (χ3n) is 3.10. The summed E-state index contributed by atoms with van der Waals surface area (Å²) in [5.74, 6) is 0. The lowest BCUT2D eigenvalue weighted by molar-refractivity contribution is -0.384. The standard InChI is InChI=1S/C10H10ClN3O5S2/c11-10-8(14(16)17)5-9(20-10)21(18,19)13-3-1-7(2-4-13)12-6-15/h5,7H,1-4H2. The summed E-state index contributed by atoms with van der Waals surface area (Å²) in [7, 11) is -3.81. The smallest absolute Gasteiger partial charge is 0.258 e. The van der Waals surface area contributed by atoms with E-state index in [0.29, 0.717) is 24.2 Å². The van der Waals surface area contributed by atoms with Crippen molar-refractivity contribution < 1.29 is 18.1 Å². The molecule has 0 N–H and O–H groups in total. The van der Waals surface area contributed by atoms with Gasteiger partial charge in [0.15, 0.2) is 4.34 Å². The van der Waals surface area contributed by atoms with Crippen molar-refractivity contribution in [1.29, 1.82) is 0 Å². The average Bonchev–Trinajstić information content (AvgIpc) is 2.83. The summed E-state index contributed by atoms with van der Waals surface area (Å²) in [6, 6.07) is 0.744. The van der Waals surface area contributed by atoms with E-state index in [0.717, 1.165) is 6.07 Å². The lowest BCUT2D eigenvalue weighted by atomic mass is 10.1. The van der Waals surface area contributed by atoms with Crippen LogP contribution in [0.25, 0.3) is 0 Å². The number of sulfonamides is 1. The number of hydrogen-bond donors (Lipinski definition) is 0. The van der Waals surface area contributed by atoms with Crippen LogP contribution in [0.4, 0.5) is 5.69 Å². The summed E-state index contributed by atoms with van der Waals surface area (Å²) >= 11 is 6.35. The van der Waals surface area contributed by atoms with Crippen molar-refractivity contribution in [2.75, 3.05) is 13.1 Å². The van der Waals surface area contributed by atoms with Crippen molar-refractivity contribution in [2.24, 2.45) is 4.99 Å². The number of piperidine rings is 1. The summed E-state index contributed by atoms with van der Waals surface area (Å²) < 4.78 is 25.7. The third-order valence-corrected chi connectivity index (χ3v) is 6.78. The molecule has 2 rings (SSSR count). The monoisotopic (exact) mass is 351 g/mol. The molecule has 0 aliphatic carbocycles. The predicted molar refractivity (Wildman–Crippen MR) is 75.9 cm³/mol. The number of hydrogen-bond acceptors (Lipinski definition) is 7. The number of isocyanates is 1. The Balaban J connectivity index is 2.21. The molecule has 21 heavy (non-hydrogen) atoms. The van der Waals surface area contributed by atoms with Gasteiger partial charge in [-0.1, -0.05) is 11.6 Å². The molecule has 1 aromatic heterocycles. The molecular weight excluding hydrogens is 342 g/mol. The highest BCUT2D eigenvalue weighted by Gasteiger charge is 2.33. The van der Waals surface area contributed by atoms with Crippen molar-refractivity contribution >= 4 is 44.7 Å². The van der Waals surface area contributed by atoms with Gasteiger partial charge in [-0.2, -0.15) is 4.31 Å². The van der Waals surface area contributed by atoms with Crippen LogP contribution in [0.5, 0.6) is 0 Å². The molecule has 1 fully saturated rings. The Hall–Kier alpha value is -1.32. The van der Waals surface area contributed by atoms with Crippen LogP contribution in [-0.2, 0) is 14.8 Å². The number of nitro groups is 1. The summed E-state index contributed by atoms with van der Waals surface area (Å²) in [5.41, 5.74) is -0.416. The van der Waals surface area contributed by atoms with Crippen LogP contribution in [0, 0.1) is 10.1 Å². The van der Waals surface area contributed by atoms with Gasteiger partial charge in [-0.05, 0) is 12.8 Å². The van der Waals surface area contributed by atoms with Gasteiger partial charge in [0, 0.05) is 19.2 Å². The molecular formula is C10H10ClN3O5S2. The lowest BCUT2D eigenvalue weighted by Crippen LogP contribution is -2.39. The quantitative estimate of drug-likeness (QED) is 0.355. The number of rotatable bonds is 4. The van der Waals surface area contributed by atoms with Gasteiger partial charge in [-0.3, -0.25) is 10.1 Å². The largest absolute Gasteiger partial charge is 0.300 e. The molecule has 8 nitrogen and oxygen atoms in total. The molecule has 0 radical (unpaired) electrons. The second-order valence-electron chi connectivity index (χ2n) is 4.34. The highest BCUT2D eigenvalue weighted by Crippen LogP contribution is 2.37. The molecule has 1 aliphatic heterocycles. The maximum absolute atomic E-state index is 12.4. The Bertz CT molecular complexity index is 702. The van der Waals surface area contributed by atoms with E-state index in [1.165, 1.54) is 10.4 Å². The van der Waals surface area contributed by atoms with Crippen LogP contribution in [0.2, 0.25) is 4.34 Å². The summed E-state index contributed by atoms with van der Waals surface area (Å²) in [4.78, 5) is 23.8. The molecule has 11 heteroatoms. The van der Waals surface area contributed by atoms with Gasteiger partial charge in [0.25, 0.3) is 15.7 Å². The van der Waals surface area contributed by atoms with Crippen LogP contribution in [0.15, 0.2) is 15.3 Å². The van der Waals surface area contributed by atoms with Gasteiger partial charge >= 0.3 is 0 Å². The molecule has 0 amide bonds. The van der Waals surface area contributed by atoms with E-state index in [4.69, 9.17) is 11.6 Å². The Labute approximate surface area is 129 Å². The van der Waals surface area contributed by atoms with Crippen LogP contribution >= 0.6 is 22.9 Å². The topological polar surface area (TPSA) is 110 Å². The lowest BCUT2D eigenvalue weighted by Gasteiger charge is -2.28. The normalized spacial score (nSPS) is 17.4. The maximum atomic E-state index is 12.4. The highest BCUT2D eigenvalue weighted by molar-refractivity contribution is 7.91. The number of aliphatic imine (C=N–C) groups is 1. The predicted octanol–water partition coefficient (Wildman–Crippen LogP) is 1.80. The molecule has 0 unspecified atom stereocenters. The maximum Gasteiger partial charge on any atom is 0.300 e. The fraction of sp³-hybridized carbons (Fsp3) is 0.500. The Morgan fingerprint density at radius 2 is 2.10 bits per heavy atom. The highest BCUT2D eigenvalue weighted by atomic mass is 35.5. The molecule has 0 aromatic carbocycles. The Morgan fingerprint density at radius 3 is 2.57 bits per heavy atom. The van der Waals surface area contributed by atoms with E-state index < -0.39 is 20.6 Å². The molecule has 114 valence electrons. The minimum Gasteiger partial charge on any atom is -0.258 e. The minimum atomic E-state index is -3.81. The van der Waals surface area contributed by atoms with E-state index in [1.807, 2.05) is 0 Å². The van der Waals surface area contributed by atoms with Crippen LogP contribution in [0.1, 0.15) is 12.8 Å². The van der Waals surface area contributed by atoms with Crippen molar-refractivity contribution in [3.8, 4) is 0 Å². The molecule has 2 heterocycles. The molecule has 0 bridgehead atoms. The van der Waals surface area contributed by atoms with Crippen molar-refractivity contribution in [3.63, 3.8) is 0 Å². The number of halogens is 1. The SMILES string of the molecule is O=C=NC1CCN(S(=O)(=O)c2cc([N+](=O)[O-])c(Cl)s2)CC1. The minimum absolute atomic E-state index is 0.156. The summed E-state index contributed by atoms with van der Waals surface area (Å²) in [5, 5.41) is 10.7. The summed E-state index contributed by atoms with van der Waals surface area (Å²) in [6.45, 7) is 0.392. The molecule has 1 saturated heterocycles. The fourth-order valence-corrected chi connectivity index (χ4v) is 5.29. The molecule has 0 saturated carbocycles. The van der Waals surface area contributed by atoms with E-state index in [-0.39, 0.29) is 27.7 Å². The number of nitrogens with zero attached hydrogens (tertiary/aromatic N) is 3. The van der Waals surface area contributed by atoms with Gasteiger partial charge in [0.1, 0.15) is 4.21 Å². The molecule has 1 aromatic rings. The molecule has 1 aliphatic rings. The number of thiophene rings is 1. The van der Waals surface area contributed by atoms with Gasteiger partial charge in [0.05, 0.1) is 11.0 Å².